The Morgan fingerprint density at radius 2 is 2.20 bits per heavy atom. The van der Waals surface area contributed by atoms with E-state index in [9.17, 15) is 4.79 Å². The van der Waals surface area contributed by atoms with E-state index in [-0.39, 0.29) is 5.78 Å². The topological polar surface area (TPSA) is 30.0 Å². The van der Waals surface area contributed by atoms with Gasteiger partial charge in [0.15, 0.2) is 5.78 Å². The molecule has 0 fully saturated rings. The summed E-state index contributed by atoms with van der Waals surface area (Å²) in [6, 6.07) is 1.89. The Morgan fingerprint density at radius 3 is 2.80 bits per heavy atom. The lowest BCUT2D eigenvalue weighted by Crippen LogP contribution is -2.05. The predicted octanol–water partition coefficient (Wildman–Crippen LogP) is 2.96. The molecular formula is C12H17NOS. The molecule has 0 unspecified atom stereocenters. The average molecular weight is 223 g/mol. The van der Waals surface area contributed by atoms with Crippen LogP contribution in [0, 0.1) is 12.8 Å². The van der Waals surface area contributed by atoms with E-state index in [1.807, 2.05) is 13.0 Å². The zero-order valence-electron chi connectivity index (χ0n) is 9.49. The number of Topliss-reactive ketones (excluding diaryl/α,β-unsaturated/α-hetero) is 1. The fourth-order valence-electron chi connectivity index (χ4n) is 1.18. The maximum Gasteiger partial charge on any atom is 0.174 e. The van der Waals surface area contributed by atoms with Gasteiger partial charge in [-0.3, -0.25) is 9.78 Å². The van der Waals surface area contributed by atoms with Crippen LogP contribution in [0.3, 0.4) is 0 Å². The summed E-state index contributed by atoms with van der Waals surface area (Å²) < 4.78 is 0. The number of aryl methyl sites for hydroxylation is 1. The van der Waals surface area contributed by atoms with Gasteiger partial charge in [-0.1, -0.05) is 13.8 Å². The lowest BCUT2D eigenvalue weighted by Gasteiger charge is -2.04. The van der Waals surface area contributed by atoms with Crippen molar-refractivity contribution in [2.75, 3.05) is 11.5 Å². The summed E-state index contributed by atoms with van der Waals surface area (Å²) in [6.07, 6.45) is 3.41. The van der Waals surface area contributed by atoms with Crippen molar-refractivity contribution in [3.63, 3.8) is 0 Å². The number of ketones is 1. The van der Waals surface area contributed by atoms with E-state index in [4.69, 9.17) is 0 Å². The van der Waals surface area contributed by atoms with Crippen LogP contribution in [0.5, 0.6) is 0 Å². The highest BCUT2D eigenvalue weighted by Gasteiger charge is 2.06. The van der Waals surface area contributed by atoms with Crippen molar-refractivity contribution < 1.29 is 4.79 Å². The van der Waals surface area contributed by atoms with E-state index in [0.717, 1.165) is 16.9 Å². The number of carbonyl (C=O) groups excluding carboxylic acids is 1. The monoisotopic (exact) mass is 223 g/mol. The molecule has 0 amide bonds. The predicted molar refractivity (Wildman–Crippen MR) is 65.5 cm³/mol. The third kappa shape index (κ3) is 4.47. The number of hydrogen-bond acceptors (Lipinski definition) is 3. The molecule has 0 spiro atoms. The van der Waals surface area contributed by atoms with E-state index in [2.05, 4.69) is 18.8 Å². The molecule has 2 nitrogen and oxygen atoms in total. The molecule has 0 atom stereocenters. The molecule has 15 heavy (non-hydrogen) atoms. The van der Waals surface area contributed by atoms with Crippen LogP contribution in [-0.2, 0) is 0 Å². The summed E-state index contributed by atoms with van der Waals surface area (Å²) in [5, 5.41) is 0. The number of nitrogens with zero attached hydrogens (tertiary/aromatic N) is 1. The molecule has 0 aliphatic heterocycles. The first-order valence-electron chi connectivity index (χ1n) is 5.12. The molecule has 82 valence electrons. The molecule has 0 saturated heterocycles. The van der Waals surface area contributed by atoms with Gasteiger partial charge in [-0.15, -0.1) is 0 Å². The fraction of sp³-hybridized carbons (Fsp3) is 0.500. The number of thioether (sulfide) groups is 1. The molecule has 0 aliphatic carbocycles. The smallest absolute Gasteiger partial charge is 0.174 e. The van der Waals surface area contributed by atoms with Crippen LogP contribution in [0.25, 0.3) is 0 Å². The Bertz CT molecular complexity index is 336. The molecule has 0 bridgehead atoms. The highest BCUT2D eigenvalue weighted by Crippen LogP contribution is 2.11. The maximum atomic E-state index is 11.7. The van der Waals surface area contributed by atoms with Gasteiger partial charge in [0.1, 0.15) is 0 Å². The minimum atomic E-state index is 0.178. The van der Waals surface area contributed by atoms with Gasteiger partial charge in [0.2, 0.25) is 0 Å². The zero-order chi connectivity index (χ0) is 11.3. The van der Waals surface area contributed by atoms with Crippen molar-refractivity contribution in [3.05, 3.63) is 29.6 Å². The summed E-state index contributed by atoms with van der Waals surface area (Å²) in [7, 11) is 0. The number of carbonyl (C=O) groups is 1. The van der Waals surface area contributed by atoms with Crippen LogP contribution < -0.4 is 0 Å². The normalized spacial score (nSPS) is 10.7. The standard InChI is InChI=1S/C12H17NOS/c1-9(2)7-15-8-12(14)11-4-10(3)5-13-6-11/h4-6,9H,7-8H2,1-3H3. The number of rotatable bonds is 5. The second-order valence-corrected chi connectivity index (χ2v) is 5.11. The van der Waals surface area contributed by atoms with Crippen LogP contribution in [-0.4, -0.2) is 22.3 Å². The van der Waals surface area contributed by atoms with Gasteiger partial charge in [0, 0.05) is 18.0 Å². The van der Waals surface area contributed by atoms with Crippen molar-refractivity contribution in [2.45, 2.75) is 20.8 Å². The van der Waals surface area contributed by atoms with Crippen molar-refractivity contribution in [1.82, 2.24) is 4.98 Å². The van der Waals surface area contributed by atoms with Crippen molar-refractivity contribution in [1.29, 1.82) is 0 Å². The second-order valence-electron chi connectivity index (χ2n) is 4.08. The third-order valence-corrected chi connectivity index (χ3v) is 3.25. The summed E-state index contributed by atoms with van der Waals surface area (Å²) in [6.45, 7) is 6.27. The minimum absolute atomic E-state index is 0.178. The Hall–Kier alpha value is -0.830. The Morgan fingerprint density at radius 1 is 1.47 bits per heavy atom. The molecule has 0 aromatic carbocycles. The Labute approximate surface area is 95.5 Å². The van der Waals surface area contributed by atoms with E-state index in [1.165, 1.54) is 0 Å². The van der Waals surface area contributed by atoms with Crippen LogP contribution >= 0.6 is 11.8 Å². The Balaban J connectivity index is 2.47. The Kier molecular flexibility index (Phi) is 4.82. The van der Waals surface area contributed by atoms with Crippen molar-refractivity contribution in [3.8, 4) is 0 Å². The first-order valence-corrected chi connectivity index (χ1v) is 6.27. The molecule has 3 heteroatoms. The average Bonchev–Trinajstić information content (AvgIpc) is 2.17. The van der Waals surface area contributed by atoms with Crippen LogP contribution in [0.2, 0.25) is 0 Å². The van der Waals surface area contributed by atoms with Gasteiger partial charge in [-0.25, -0.2) is 0 Å². The maximum absolute atomic E-state index is 11.7. The summed E-state index contributed by atoms with van der Waals surface area (Å²) in [4.78, 5) is 15.7. The third-order valence-electron chi connectivity index (χ3n) is 1.88. The van der Waals surface area contributed by atoms with Gasteiger partial charge in [0.05, 0.1) is 5.75 Å². The zero-order valence-corrected chi connectivity index (χ0v) is 10.3. The van der Waals surface area contributed by atoms with Gasteiger partial charge < -0.3 is 0 Å². The SMILES string of the molecule is Cc1cncc(C(=O)CSCC(C)C)c1. The van der Waals surface area contributed by atoms with Gasteiger partial charge in [-0.05, 0) is 30.2 Å². The van der Waals surface area contributed by atoms with E-state index < -0.39 is 0 Å². The van der Waals surface area contributed by atoms with Crippen LogP contribution in [0.4, 0.5) is 0 Å². The molecule has 1 aromatic heterocycles. The van der Waals surface area contributed by atoms with Crippen molar-refractivity contribution >= 4 is 17.5 Å². The first-order chi connectivity index (χ1) is 7.09. The van der Waals surface area contributed by atoms with E-state index in [0.29, 0.717) is 11.7 Å². The number of pyridine rings is 1. The molecule has 1 rings (SSSR count). The highest BCUT2D eigenvalue weighted by atomic mass is 32.2. The lowest BCUT2D eigenvalue weighted by atomic mass is 10.2. The lowest BCUT2D eigenvalue weighted by molar-refractivity contribution is 0.102. The molecule has 1 heterocycles. The largest absolute Gasteiger partial charge is 0.293 e. The summed E-state index contributed by atoms with van der Waals surface area (Å²) in [5.74, 6) is 2.41. The molecule has 1 aromatic rings. The highest BCUT2D eigenvalue weighted by molar-refractivity contribution is 7.99. The molecule has 0 saturated carbocycles. The molecule has 0 radical (unpaired) electrons. The summed E-state index contributed by atoms with van der Waals surface area (Å²) >= 11 is 1.69. The van der Waals surface area contributed by atoms with Crippen LogP contribution in [0.15, 0.2) is 18.5 Å². The van der Waals surface area contributed by atoms with Gasteiger partial charge in [-0.2, -0.15) is 11.8 Å². The van der Waals surface area contributed by atoms with Gasteiger partial charge in [0.25, 0.3) is 0 Å². The van der Waals surface area contributed by atoms with E-state index >= 15 is 0 Å². The first kappa shape index (κ1) is 12.2. The summed E-state index contributed by atoms with van der Waals surface area (Å²) in [5.41, 5.74) is 1.76. The fourth-order valence-corrected chi connectivity index (χ4v) is 2.12. The molecule has 0 N–H and O–H groups in total. The minimum Gasteiger partial charge on any atom is -0.293 e. The molecule has 0 aliphatic rings. The quantitative estimate of drug-likeness (QED) is 0.719. The second kappa shape index (κ2) is 5.91. The number of aromatic nitrogens is 1. The van der Waals surface area contributed by atoms with Gasteiger partial charge >= 0.3 is 0 Å². The number of hydrogen-bond donors (Lipinski definition) is 0. The molecular weight excluding hydrogens is 206 g/mol. The van der Waals surface area contributed by atoms with Crippen molar-refractivity contribution in [2.24, 2.45) is 5.92 Å². The van der Waals surface area contributed by atoms with Crippen LogP contribution in [0.1, 0.15) is 29.8 Å². The van der Waals surface area contributed by atoms with E-state index in [1.54, 1.807) is 24.2 Å².